The van der Waals surface area contributed by atoms with E-state index in [4.69, 9.17) is 0 Å². The van der Waals surface area contributed by atoms with Crippen LogP contribution >= 0.6 is 0 Å². The second kappa shape index (κ2) is 3.42. The molecule has 1 atom stereocenters. The molecule has 1 heterocycles. The van der Waals surface area contributed by atoms with Crippen LogP contribution in [-0.4, -0.2) is 9.97 Å². The van der Waals surface area contributed by atoms with Gasteiger partial charge in [-0.3, -0.25) is 0 Å². The van der Waals surface area contributed by atoms with Gasteiger partial charge in [0.15, 0.2) is 0 Å². The van der Waals surface area contributed by atoms with Crippen LogP contribution in [0.4, 0.5) is 0 Å². The number of aromatic amines is 2. The van der Waals surface area contributed by atoms with E-state index in [1.807, 2.05) is 0 Å². The molecule has 0 saturated heterocycles. The average molecular weight is 154 g/mol. The first-order chi connectivity index (χ1) is 5.24. The highest BCUT2D eigenvalue weighted by Gasteiger charge is 2.04. The van der Waals surface area contributed by atoms with Gasteiger partial charge in [-0.05, 0) is 12.3 Å². The zero-order valence-electron chi connectivity index (χ0n) is 6.98. The summed E-state index contributed by atoms with van der Waals surface area (Å²) in [4.78, 5) is 16.0. The van der Waals surface area contributed by atoms with Gasteiger partial charge in [-0.2, -0.15) is 0 Å². The third kappa shape index (κ3) is 1.97. The summed E-state index contributed by atoms with van der Waals surface area (Å²) >= 11 is 0. The van der Waals surface area contributed by atoms with E-state index in [1.54, 1.807) is 6.20 Å². The van der Waals surface area contributed by atoms with Crippen LogP contribution in [0.15, 0.2) is 11.0 Å². The van der Waals surface area contributed by atoms with Crippen LogP contribution in [-0.2, 0) is 0 Å². The maximum atomic E-state index is 10.7. The molecule has 0 aliphatic carbocycles. The molecule has 1 aromatic heterocycles. The molecule has 0 aromatic carbocycles. The summed E-state index contributed by atoms with van der Waals surface area (Å²) in [5.74, 6) is 0.457. The molecule has 3 nitrogen and oxygen atoms in total. The van der Waals surface area contributed by atoms with E-state index in [1.165, 1.54) is 0 Å². The normalized spacial score (nSPS) is 13.3. The van der Waals surface area contributed by atoms with Crippen LogP contribution in [0, 0.1) is 0 Å². The number of aromatic nitrogens is 2. The highest BCUT2D eigenvalue weighted by Crippen LogP contribution is 2.15. The minimum Gasteiger partial charge on any atom is -0.313 e. The number of H-pyrrole nitrogens is 2. The fourth-order valence-electron chi connectivity index (χ4n) is 1.20. The van der Waals surface area contributed by atoms with Crippen molar-refractivity contribution < 1.29 is 0 Å². The van der Waals surface area contributed by atoms with E-state index in [0.29, 0.717) is 5.92 Å². The molecule has 1 aromatic rings. The quantitative estimate of drug-likeness (QED) is 0.682. The molecule has 1 rings (SSSR count). The van der Waals surface area contributed by atoms with Crippen molar-refractivity contribution in [2.75, 3.05) is 0 Å². The summed E-state index contributed by atoms with van der Waals surface area (Å²) in [6.07, 6.45) is 4.02. The Labute approximate surface area is 65.8 Å². The molecular formula is C8H14N2O. The standard InChI is InChI=1S/C8H14N2O/c1-3-4-6(2)7-5-9-8(11)10-7/h5-6H,3-4H2,1-2H3,(H2,9,10,11). The van der Waals surface area contributed by atoms with Gasteiger partial charge in [-0.1, -0.05) is 20.3 Å². The highest BCUT2D eigenvalue weighted by molar-refractivity contribution is 5.01. The fourth-order valence-corrected chi connectivity index (χ4v) is 1.20. The highest BCUT2D eigenvalue weighted by atomic mass is 16.1. The van der Waals surface area contributed by atoms with Crippen LogP contribution in [0.5, 0.6) is 0 Å². The van der Waals surface area contributed by atoms with E-state index in [2.05, 4.69) is 23.8 Å². The van der Waals surface area contributed by atoms with Gasteiger partial charge in [0.2, 0.25) is 0 Å². The molecule has 0 amide bonds. The Morgan fingerprint density at radius 2 is 2.36 bits per heavy atom. The van der Waals surface area contributed by atoms with Crippen molar-refractivity contribution in [1.29, 1.82) is 0 Å². The second-order valence-corrected chi connectivity index (χ2v) is 2.89. The maximum Gasteiger partial charge on any atom is 0.323 e. The minimum atomic E-state index is -0.108. The van der Waals surface area contributed by atoms with Crippen molar-refractivity contribution in [3.63, 3.8) is 0 Å². The molecule has 0 fully saturated rings. The van der Waals surface area contributed by atoms with Gasteiger partial charge in [0.1, 0.15) is 0 Å². The molecule has 62 valence electrons. The largest absolute Gasteiger partial charge is 0.323 e. The minimum absolute atomic E-state index is 0.108. The fraction of sp³-hybridized carbons (Fsp3) is 0.625. The van der Waals surface area contributed by atoms with Gasteiger partial charge < -0.3 is 9.97 Å². The third-order valence-electron chi connectivity index (χ3n) is 1.87. The Morgan fingerprint density at radius 1 is 1.64 bits per heavy atom. The Morgan fingerprint density at radius 3 is 2.82 bits per heavy atom. The molecule has 0 aliphatic rings. The molecule has 1 unspecified atom stereocenters. The summed E-state index contributed by atoms with van der Waals surface area (Å²) in [7, 11) is 0. The van der Waals surface area contributed by atoms with E-state index < -0.39 is 0 Å². The van der Waals surface area contributed by atoms with Crippen molar-refractivity contribution in [1.82, 2.24) is 9.97 Å². The Bertz CT molecular complexity index is 261. The Balaban J connectivity index is 2.68. The van der Waals surface area contributed by atoms with Crippen molar-refractivity contribution in [2.24, 2.45) is 0 Å². The summed E-state index contributed by atoms with van der Waals surface area (Å²) in [6.45, 7) is 4.25. The lowest BCUT2D eigenvalue weighted by molar-refractivity contribution is 0.650. The number of imidazole rings is 1. The SMILES string of the molecule is CCCC(C)c1c[nH]c(=O)[nH]1. The lowest BCUT2D eigenvalue weighted by Crippen LogP contribution is -2.02. The number of hydrogen-bond donors (Lipinski definition) is 2. The van der Waals surface area contributed by atoms with Crippen LogP contribution in [0.2, 0.25) is 0 Å². The first-order valence-electron chi connectivity index (χ1n) is 4.01. The van der Waals surface area contributed by atoms with Gasteiger partial charge in [0.05, 0.1) is 0 Å². The maximum absolute atomic E-state index is 10.7. The molecule has 0 saturated carbocycles. The summed E-state index contributed by atoms with van der Waals surface area (Å²) in [6, 6.07) is 0. The number of rotatable bonds is 3. The summed E-state index contributed by atoms with van der Waals surface area (Å²) in [5.41, 5.74) is 0.903. The zero-order valence-corrected chi connectivity index (χ0v) is 6.98. The van der Waals surface area contributed by atoms with Crippen molar-refractivity contribution in [3.05, 3.63) is 22.4 Å². The second-order valence-electron chi connectivity index (χ2n) is 2.89. The van der Waals surface area contributed by atoms with E-state index in [9.17, 15) is 4.79 Å². The smallest absolute Gasteiger partial charge is 0.313 e. The van der Waals surface area contributed by atoms with Gasteiger partial charge in [-0.15, -0.1) is 0 Å². The average Bonchev–Trinajstić information content (AvgIpc) is 2.36. The molecular weight excluding hydrogens is 140 g/mol. The van der Waals surface area contributed by atoms with Crippen LogP contribution in [0.3, 0.4) is 0 Å². The van der Waals surface area contributed by atoms with Gasteiger partial charge in [0.25, 0.3) is 0 Å². The first kappa shape index (κ1) is 8.11. The van der Waals surface area contributed by atoms with Crippen molar-refractivity contribution in [2.45, 2.75) is 32.6 Å². The van der Waals surface area contributed by atoms with Crippen LogP contribution in [0.1, 0.15) is 38.3 Å². The lowest BCUT2D eigenvalue weighted by atomic mass is 10.0. The van der Waals surface area contributed by atoms with E-state index in [-0.39, 0.29) is 5.69 Å². The summed E-state index contributed by atoms with van der Waals surface area (Å²) in [5, 5.41) is 0. The topological polar surface area (TPSA) is 48.6 Å². The molecule has 0 aliphatic heterocycles. The number of nitrogens with one attached hydrogen (secondary N) is 2. The third-order valence-corrected chi connectivity index (χ3v) is 1.87. The van der Waals surface area contributed by atoms with Crippen molar-refractivity contribution in [3.8, 4) is 0 Å². The first-order valence-corrected chi connectivity index (χ1v) is 4.01. The Kier molecular flexibility index (Phi) is 2.52. The Hall–Kier alpha value is -0.990. The molecule has 0 radical (unpaired) electrons. The van der Waals surface area contributed by atoms with Gasteiger partial charge in [-0.25, -0.2) is 4.79 Å². The predicted octanol–water partition coefficient (Wildman–Crippen LogP) is 1.61. The van der Waals surface area contributed by atoms with E-state index in [0.717, 1.165) is 18.5 Å². The summed E-state index contributed by atoms with van der Waals surface area (Å²) < 4.78 is 0. The predicted molar refractivity (Wildman–Crippen MR) is 44.7 cm³/mol. The van der Waals surface area contributed by atoms with Crippen LogP contribution < -0.4 is 5.69 Å². The molecule has 0 bridgehead atoms. The van der Waals surface area contributed by atoms with E-state index >= 15 is 0 Å². The molecule has 3 heteroatoms. The zero-order chi connectivity index (χ0) is 8.27. The molecule has 0 spiro atoms. The molecule has 11 heavy (non-hydrogen) atoms. The number of hydrogen-bond acceptors (Lipinski definition) is 1. The lowest BCUT2D eigenvalue weighted by Gasteiger charge is -2.04. The van der Waals surface area contributed by atoms with Crippen LogP contribution in [0.25, 0.3) is 0 Å². The molecule has 2 N–H and O–H groups in total. The monoisotopic (exact) mass is 154 g/mol. The van der Waals surface area contributed by atoms with Crippen molar-refractivity contribution >= 4 is 0 Å². The van der Waals surface area contributed by atoms with Gasteiger partial charge >= 0.3 is 5.69 Å². The van der Waals surface area contributed by atoms with Gasteiger partial charge in [0, 0.05) is 11.9 Å².